The molecule has 1 fully saturated rings. The lowest BCUT2D eigenvalue weighted by Gasteiger charge is -2.33. The Labute approximate surface area is 213 Å². The molecule has 7 nitrogen and oxygen atoms in total. The van der Waals surface area contributed by atoms with E-state index >= 15 is 0 Å². The van der Waals surface area contributed by atoms with Gasteiger partial charge in [-0.2, -0.15) is 5.26 Å². The molecule has 36 heavy (non-hydrogen) atoms. The summed E-state index contributed by atoms with van der Waals surface area (Å²) in [7, 11) is 5.75. The van der Waals surface area contributed by atoms with E-state index in [0.29, 0.717) is 17.1 Å². The van der Waals surface area contributed by atoms with Crippen molar-refractivity contribution in [1.82, 2.24) is 19.8 Å². The van der Waals surface area contributed by atoms with Crippen molar-refractivity contribution in [3.63, 3.8) is 0 Å². The van der Waals surface area contributed by atoms with E-state index in [1.807, 2.05) is 73.2 Å². The summed E-state index contributed by atoms with van der Waals surface area (Å²) in [5, 5.41) is 13.2. The number of carbonyl (C=O) groups excluding carboxylic acids is 1. The third-order valence-corrected chi connectivity index (χ3v) is 7.83. The summed E-state index contributed by atoms with van der Waals surface area (Å²) in [6.07, 6.45) is 7.17. The molecule has 1 N–H and O–H groups in total. The summed E-state index contributed by atoms with van der Waals surface area (Å²) in [5.74, 6) is 1.26. The lowest BCUT2D eigenvalue weighted by atomic mass is 9.73. The largest absolute Gasteiger partial charge is 0.456 e. The highest BCUT2D eigenvalue weighted by Crippen LogP contribution is 2.40. The zero-order chi connectivity index (χ0) is 25.9. The number of nitrogens with zero attached hydrogens (tertiary/aromatic N) is 4. The summed E-state index contributed by atoms with van der Waals surface area (Å²) >= 11 is 0. The number of amides is 1. The standard InChI is InChI=1S/C29H35N5O2/c1-6-29(14-7-8-15-33(4)27(29)35)23-10-9-11-24(16-23)36-25-17-22(13-12-21(25)18-30)28(2,31-3)26-19-32-20-34(26)5/h9-13,16-17,19-20,31H,6-8,14-15H2,1-5H3/t28?,29-/m0/s1. The van der Waals surface area contributed by atoms with Crippen molar-refractivity contribution in [2.75, 3.05) is 20.6 Å². The van der Waals surface area contributed by atoms with Crippen LogP contribution in [0.15, 0.2) is 55.0 Å². The van der Waals surface area contributed by atoms with Crippen LogP contribution >= 0.6 is 0 Å². The predicted octanol–water partition coefficient (Wildman–Crippen LogP) is 4.86. The number of likely N-dealkylation sites (N-methyl/N-ethyl adjacent to an activating group) is 1. The molecule has 188 valence electrons. The average molecular weight is 486 g/mol. The summed E-state index contributed by atoms with van der Waals surface area (Å²) in [6, 6.07) is 15.7. The van der Waals surface area contributed by atoms with Crippen LogP contribution < -0.4 is 10.1 Å². The van der Waals surface area contributed by atoms with Crippen LogP contribution in [-0.4, -0.2) is 41.0 Å². The van der Waals surface area contributed by atoms with Gasteiger partial charge in [-0.15, -0.1) is 0 Å². The van der Waals surface area contributed by atoms with Gasteiger partial charge >= 0.3 is 0 Å². The fourth-order valence-corrected chi connectivity index (χ4v) is 5.40. The SMILES string of the molecule is CC[C@@]1(c2cccc(Oc3cc(C(C)(NC)c4cncn4C)ccc3C#N)c2)CCCCN(C)C1=O. The fraction of sp³-hybridized carbons (Fsp3) is 0.414. The molecule has 4 rings (SSSR count). The van der Waals surface area contributed by atoms with Gasteiger partial charge in [0.2, 0.25) is 5.91 Å². The third kappa shape index (κ3) is 4.38. The van der Waals surface area contributed by atoms with Crippen LogP contribution in [-0.2, 0) is 22.8 Å². The van der Waals surface area contributed by atoms with Crippen LogP contribution in [0.25, 0.3) is 0 Å². The Balaban J connectivity index is 1.73. The first kappa shape index (κ1) is 25.5. The summed E-state index contributed by atoms with van der Waals surface area (Å²) in [4.78, 5) is 19.6. The minimum absolute atomic E-state index is 0.167. The average Bonchev–Trinajstić information content (AvgIpc) is 3.28. The Hall–Kier alpha value is -3.63. The number of hydrogen-bond acceptors (Lipinski definition) is 5. The first-order valence-electron chi connectivity index (χ1n) is 12.5. The fourth-order valence-electron chi connectivity index (χ4n) is 5.40. The van der Waals surface area contributed by atoms with Crippen molar-refractivity contribution in [2.45, 2.75) is 50.5 Å². The highest BCUT2D eigenvalue weighted by atomic mass is 16.5. The van der Waals surface area contributed by atoms with Gasteiger partial charge in [0.1, 0.15) is 17.6 Å². The van der Waals surface area contributed by atoms with Crippen molar-refractivity contribution in [3.05, 3.63) is 77.4 Å². The monoisotopic (exact) mass is 485 g/mol. The lowest BCUT2D eigenvalue weighted by molar-refractivity contribution is -0.135. The van der Waals surface area contributed by atoms with Gasteiger partial charge in [0.05, 0.1) is 34.7 Å². The molecule has 3 aromatic rings. The molecule has 0 aliphatic carbocycles. The molecule has 2 atom stereocenters. The molecule has 2 aromatic carbocycles. The molecule has 1 aliphatic rings. The summed E-state index contributed by atoms with van der Waals surface area (Å²) in [6.45, 7) is 4.95. The topological polar surface area (TPSA) is 83.2 Å². The quantitative estimate of drug-likeness (QED) is 0.517. The second kappa shape index (κ2) is 10.2. The minimum Gasteiger partial charge on any atom is -0.456 e. The minimum atomic E-state index is -0.561. The second-order valence-corrected chi connectivity index (χ2v) is 9.84. The van der Waals surface area contributed by atoms with Crippen LogP contribution in [0, 0.1) is 11.3 Å². The van der Waals surface area contributed by atoms with Crippen LogP contribution in [0.1, 0.15) is 61.9 Å². The van der Waals surface area contributed by atoms with Gasteiger partial charge in [0.25, 0.3) is 0 Å². The van der Waals surface area contributed by atoms with Gasteiger partial charge in [-0.3, -0.25) is 4.79 Å². The van der Waals surface area contributed by atoms with Crippen LogP contribution in [0.4, 0.5) is 0 Å². The number of rotatable bonds is 7. The van der Waals surface area contributed by atoms with E-state index in [2.05, 4.69) is 30.2 Å². The molecular formula is C29H35N5O2. The second-order valence-electron chi connectivity index (χ2n) is 9.84. The van der Waals surface area contributed by atoms with E-state index in [0.717, 1.165) is 49.0 Å². The number of ether oxygens (including phenoxy) is 1. The third-order valence-electron chi connectivity index (χ3n) is 7.83. The maximum absolute atomic E-state index is 13.4. The number of imidazole rings is 1. The Morgan fingerprint density at radius 1 is 1.22 bits per heavy atom. The maximum Gasteiger partial charge on any atom is 0.232 e. The first-order valence-corrected chi connectivity index (χ1v) is 12.5. The molecule has 0 spiro atoms. The molecule has 1 aromatic heterocycles. The number of carbonyl (C=O) groups is 1. The number of aryl methyl sites for hydroxylation is 1. The van der Waals surface area contributed by atoms with Gasteiger partial charge in [-0.05, 0) is 68.6 Å². The van der Waals surface area contributed by atoms with Gasteiger partial charge in [-0.25, -0.2) is 4.98 Å². The Morgan fingerprint density at radius 3 is 2.69 bits per heavy atom. The van der Waals surface area contributed by atoms with E-state index in [-0.39, 0.29) is 5.91 Å². The maximum atomic E-state index is 13.4. The normalized spacial score (nSPS) is 19.9. The molecule has 0 radical (unpaired) electrons. The number of benzene rings is 2. The number of nitriles is 1. The Bertz CT molecular complexity index is 1290. The van der Waals surface area contributed by atoms with E-state index in [4.69, 9.17) is 4.74 Å². The number of nitrogens with one attached hydrogen (secondary N) is 1. The van der Waals surface area contributed by atoms with E-state index in [9.17, 15) is 10.1 Å². The molecule has 1 aliphatic heterocycles. The van der Waals surface area contributed by atoms with Crippen molar-refractivity contribution in [2.24, 2.45) is 7.05 Å². The Kier molecular flexibility index (Phi) is 7.18. The van der Waals surface area contributed by atoms with Gasteiger partial charge in [-0.1, -0.05) is 31.5 Å². The summed E-state index contributed by atoms with van der Waals surface area (Å²) < 4.78 is 8.32. The van der Waals surface area contributed by atoms with Crippen LogP contribution in [0.2, 0.25) is 0 Å². The Morgan fingerprint density at radius 2 is 2.03 bits per heavy atom. The summed E-state index contributed by atoms with van der Waals surface area (Å²) in [5.41, 5.74) is 2.25. The predicted molar refractivity (Wildman–Crippen MR) is 140 cm³/mol. The molecule has 1 unspecified atom stereocenters. The van der Waals surface area contributed by atoms with Crippen molar-refractivity contribution in [3.8, 4) is 17.6 Å². The van der Waals surface area contributed by atoms with Crippen LogP contribution in [0.3, 0.4) is 0 Å². The van der Waals surface area contributed by atoms with Crippen LogP contribution in [0.5, 0.6) is 11.5 Å². The van der Waals surface area contributed by atoms with Gasteiger partial charge in [0.15, 0.2) is 0 Å². The van der Waals surface area contributed by atoms with E-state index in [1.165, 1.54) is 0 Å². The smallest absolute Gasteiger partial charge is 0.232 e. The zero-order valence-corrected chi connectivity index (χ0v) is 21.8. The number of hydrogen-bond donors (Lipinski definition) is 1. The van der Waals surface area contributed by atoms with Gasteiger partial charge in [0, 0.05) is 20.6 Å². The molecule has 0 bridgehead atoms. The number of aromatic nitrogens is 2. The first-order chi connectivity index (χ1) is 17.3. The lowest BCUT2D eigenvalue weighted by Crippen LogP contribution is -2.43. The zero-order valence-electron chi connectivity index (χ0n) is 21.8. The molecule has 0 saturated carbocycles. The molecule has 1 saturated heterocycles. The van der Waals surface area contributed by atoms with E-state index < -0.39 is 11.0 Å². The number of likely N-dealkylation sites (tertiary alicyclic amines) is 1. The molecule has 1 amide bonds. The van der Waals surface area contributed by atoms with Crippen molar-refractivity contribution >= 4 is 5.91 Å². The molecule has 7 heteroatoms. The highest BCUT2D eigenvalue weighted by Gasteiger charge is 2.41. The van der Waals surface area contributed by atoms with E-state index in [1.54, 1.807) is 12.4 Å². The van der Waals surface area contributed by atoms with Gasteiger partial charge < -0.3 is 19.5 Å². The van der Waals surface area contributed by atoms with Crippen molar-refractivity contribution < 1.29 is 9.53 Å². The molecular weight excluding hydrogens is 450 g/mol. The molecule has 2 heterocycles. The highest BCUT2D eigenvalue weighted by molar-refractivity contribution is 5.88. The van der Waals surface area contributed by atoms with Crippen molar-refractivity contribution in [1.29, 1.82) is 5.26 Å².